The molecule has 0 aliphatic carbocycles. The molecule has 1 aliphatic rings. The number of nitrogens with zero attached hydrogens (tertiary/aromatic N) is 1. The molecule has 0 aromatic heterocycles. The number of methoxy groups -OCH3 is 1. The molecule has 2 N–H and O–H groups in total. The first-order valence-corrected chi connectivity index (χ1v) is 6.69. The highest BCUT2D eigenvalue weighted by Gasteiger charge is 2.43. The number of carbonyl (C=O) groups is 1. The standard InChI is InChI=1S/C15H22N2O2/c1-12-15(16,10-14(18)19-2)8-9-17(12)11-13-6-4-3-5-7-13/h3-7,12H,8-11,16H2,1-2H3. The van der Waals surface area contributed by atoms with Crippen LogP contribution in [0, 0.1) is 0 Å². The van der Waals surface area contributed by atoms with Gasteiger partial charge in [0.25, 0.3) is 0 Å². The maximum atomic E-state index is 11.5. The summed E-state index contributed by atoms with van der Waals surface area (Å²) in [6, 6.07) is 10.5. The lowest BCUT2D eigenvalue weighted by Crippen LogP contribution is -2.51. The molecule has 1 heterocycles. The van der Waals surface area contributed by atoms with E-state index in [1.165, 1.54) is 12.7 Å². The van der Waals surface area contributed by atoms with E-state index < -0.39 is 5.54 Å². The van der Waals surface area contributed by atoms with Gasteiger partial charge in [0.15, 0.2) is 0 Å². The van der Waals surface area contributed by atoms with Crippen LogP contribution < -0.4 is 5.73 Å². The van der Waals surface area contributed by atoms with Gasteiger partial charge in [0.1, 0.15) is 0 Å². The summed E-state index contributed by atoms with van der Waals surface area (Å²) >= 11 is 0. The number of nitrogens with two attached hydrogens (primary N) is 1. The number of likely N-dealkylation sites (tertiary alicyclic amines) is 1. The maximum Gasteiger partial charge on any atom is 0.307 e. The van der Waals surface area contributed by atoms with Crippen LogP contribution in [-0.2, 0) is 16.1 Å². The Morgan fingerprint density at radius 1 is 1.47 bits per heavy atom. The second-order valence-corrected chi connectivity index (χ2v) is 5.37. The lowest BCUT2D eigenvalue weighted by molar-refractivity contribution is -0.142. The van der Waals surface area contributed by atoms with Crippen molar-refractivity contribution in [2.45, 2.75) is 37.9 Å². The fourth-order valence-corrected chi connectivity index (χ4v) is 2.73. The molecule has 19 heavy (non-hydrogen) atoms. The zero-order chi connectivity index (χ0) is 13.9. The summed E-state index contributed by atoms with van der Waals surface area (Å²) in [5.41, 5.74) is 7.18. The van der Waals surface area contributed by atoms with Crippen LogP contribution in [0.15, 0.2) is 30.3 Å². The normalized spacial score (nSPS) is 27.4. The molecule has 0 amide bonds. The predicted octanol–water partition coefficient (Wildman–Crippen LogP) is 1.54. The lowest BCUT2D eigenvalue weighted by atomic mass is 9.89. The van der Waals surface area contributed by atoms with E-state index in [1.54, 1.807) is 0 Å². The molecule has 0 spiro atoms. The zero-order valence-electron chi connectivity index (χ0n) is 11.6. The van der Waals surface area contributed by atoms with Crippen molar-refractivity contribution in [3.05, 3.63) is 35.9 Å². The van der Waals surface area contributed by atoms with Crippen molar-refractivity contribution in [3.8, 4) is 0 Å². The predicted molar refractivity (Wildman–Crippen MR) is 74.5 cm³/mol. The van der Waals surface area contributed by atoms with E-state index in [1.807, 2.05) is 18.2 Å². The highest BCUT2D eigenvalue weighted by Crippen LogP contribution is 2.30. The Hall–Kier alpha value is -1.39. The third kappa shape index (κ3) is 3.14. The van der Waals surface area contributed by atoms with Crippen molar-refractivity contribution < 1.29 is 9.53 Å². The van der Waals surface area contributed by atoms with Gasteiger partial charge in [0, 0.05) is 24.7 Å². The quantitative estimate of drug-likeness (QED) is 0.836. The Morgan fingerprint density at radius 3 is 2.79 bits per heavy atom. The van der Waals surface area contributed by atoms with Gasteiger partial charge in [0.05, 0.1) is 13.5 Å². The second-order valence-electron chi connectivity index (χ2n) is 5.37. The zero-order valence-corrected chi connectivity index (χ0v) is 11.6. The Balaban J connectivity index is 2.01. The molecular weight excluding hydrogens is 240 g/mol. The summed E-state index contributed by atoms with van der Waals surface area (Å²) in [5.74, 6) is -0.226. The first-order valence-electron chi connectivity index (χ1n) is 6.69. The van der Waals surface area contributed by atoms with E-state index in [2.05, 4.69) is 24.0 Å². The fraction of sp³-hybridized carbons (Fsp3) is 0.533. The molecule has 2 rings (SSSR count). The van der Waals surface area contributed by atoms with Crippen molar-refractivity contribution in [1.29, 1.82) is 0 Å². The highest BCUT2D eigenvalue weighted by molar-refractivity contribution is 5.71. The van der Waals surface area contributed by atoms with Gasteiger partial charge in [-0.1, -0.05) is 30.3 Å². The molecule has 1 aromatic carbocycles. The van der Waals surface area contributed by atoms with Crippen LogP contribution in [-0.4, -0.2) is 36.1 Å². The molecule has 2 unspecified atom stereocenters. The number of benzene rings is 1. The maximum absolute atomic E-state index is 11.5. The summed E-state index contributed by atoms with van der Waals surface area (Å²) in [4.78, 5) is 13.8. The summed E-state index contributed by atoms with van der Waals surface area (Å²) < 4.78 is 4.74. The van der Waals surface area contributed by atoms with Gasteiger partial charge in [-0.25, -0.2) is 0 Å². The average molecular weight is 262 g/mol. The van der Waals surface area contributed by atoms with Crippen LogP contribution in [0.2, 0.25) is 0 Å². The Labute approximate surface area is 114 Å². The van der Waals surface area contributed by atoms with Crippen LogP contribution >= 0.6 is 0 Å². The lowest BCUT2D eigenvalue weighted by Gasteiger charge is -2.31. The molecule has 1 aromatic rings. The molecule has 0 saturated carbocycles. The van der Waals surface area contributed by atoms with Crippen LogP contribution in [0.4, 0.5) is 0 Å². The van der Waals surface area contributed by atoms with E-state index in [4.69, 9.17) is 10.5 Å². The molecule has 1 saturated heterocycles. The third-order valence-corrected chi connectivity index (χ3v) is 4.17. The molecule has 4 heteroatoms. The smallest absolute Gasteiger partial charge is 0.307 e. The molecule has 1 aliphatic heterocycles. The van der Waals surface area contributed by atoms with Crippen molar-refractivity contribution >= 4 is 5.97 Å². The number of ether oxygens (including phenoxy) is 1. The highest BCUT2D eigenvalue weighted by atomic mass is 16.5. The molecule has 104 valence electrons. The van der Waals surface area contributed by atoms with Gasteiger partial charge in [-0.15, -0.1) is 0 Å². The third-order valence-electron chi connectivity index (χ3n) is 4.17. The van der Waals surface area contributed by atoms with E-state index >= 15 is 0 Å². The van der Waals surface area contributed by atoms with E-state index in [-0.39, 0.29) is 18.4 Å². The molecular formula is C15H22N2O2. The van der Waals surface area contributed by atoms with Crippen LogP contribution in [0.3, 0.4) is 0 Å². The number of hydrogen-bond donors (Lipinski definition) is 1. The first-order chi connectivity index (χ1) is 9.05. The summed E-state index contributed by atoms with van der Waals surface area (Å²) in [7, 11) is 1.41. The fourth-order valence-electron chi connectivity index (χ4n) is 2.73. The van der Waals surface area contributed by atoms with Crippen LogP contribution in [0.25, 0.3) is 0 Å². The molecule has 1 fully saturated rings. The summed E-state index contributed by atoms with van der Waals surface area (Å²) in [6.45, 7) is 3.89. The average Bonchev–Trinajstić information content (AvgIpc) is 2.68. The monoisotopic (exact) mass is 262 g/mol. The van der Waals surface area contributed by atoms with Crippen LogP contribution in [0.1, 0.15) is 25.3 Å². The number of rotatable bonds is 4. The van der Waals surface area contributed by atoms with Gasteiger partial charge >= 0.3 is 5.97 Å². The number of carbonyl (C=O) groups excluding carboxylic acids is 1. The number of esters is 1. The summed E-state index contributed by atoms with van der Waals surface area (Å²) in [6.07, 6.45) is 1.12. The SMILES string of the molecule is COC(=O)CC1(N)CCN(Cc2ccccc2)C1C. The minimum absolute atomic E-state index is 0.173. The van der Waals surface area contributed by atoms with Gasteiger partial charge in [-0.3, -0.25) is 9.69 Å². The molecule has 2 atom stereocenters. The molecule has 4 nitrogen and oxygen atoms in total. The van der Waals surface area contributed by atoms with Crippen molar-refractivity contribution in [3.63, 3.8) is 0 Å². The van der Waals surface area contributed by atoms with Crippen molar-refractivity contribution in [2.75, 3.05) is 13.7 Å². The van der Waals surface area contributed by atoms with E-state index in [0.29, 0.717) is 0 Å². The Morgan fingerprint density at radius 2 is 2.16 bits per heavy atom. The van der Waals surface area contributed by atoms with Crippen molar-refractivity contribution in [1.82, 2.24) is 4.90 Å². The van der Waals surface area contributed by atoms with Crippen LogP contribution in [0.5, 0.6) is 0 Å². The van der Waals surface area contributed by atoms with Gasteiger partial charge in [0.2, 0.25) is 0 Å². The Bertz CT molecular complexity index is 435. The van der Waals surface area contributed by atoms with E-state index in [0.717, 1.165) is 19.5 Å². The minimum atomic E-state index is -0.470. The number of hydrogen-bond acceptors (Lipinski definition) is 4. The first kappa shape index (κ1) is 14.0. The topological polar surface area (TPSA) is 55.6 Å². The largest absolute Gasteiger partial charge is 0.469 e. The van der Waals surface area contributed by atoms with Crippen molar-refractivity contribution in [2.24, 2.45) is 5.73 Å². The van der Waals surface area contributed by atoms with Gasteiger partial charge in [-0.05, 0) is 18.9 Å². The van der Waals surface area contributed by atoms with Gasteiger partial charge < -0.3 is 10.5 Å². The van der Waals surface area contributed by atoms with Gasteiger partial charge in [-0.2, -0.15) is 0 Å². The Kier molecular flexibility index (Phi) is 4.22. The summed E-state index contributed by atoms with van der Waals surface area (Å²) in [5, 5.41) is 0. The molecule has 0 bridgehead atoms. The minimum Gasteiger partial charge on any atom is -0.469 e. The van der Waals surface area contributed by atoms with E-state index in [9.17, 15) is 4.79 Å². The second kappa shape index (κ2) is 5.72. The molecule has 0 radical (unpaired) electrons.